The Balaban J connectivity index is 1.47. The van der Waals surface area contributed by atoms with Crippen molar-refractivity contribution in [2.24, 2.45) is 0 Å². The van der Waals surface area contributed by atoms with E-state index in [0.29, 0.717) is 34.6 Å². The highest BCUT2D eigenvalue weighted by atomic mass is 19.4. The Morgan fingerprint density at radius 1 is 1.14 bits per heavy atom. The first kappa shape index (κ1) is 31.0. The molecule has 44 heavy (non-hydrogen) atoms. The molecule has 2 N–H and O–H groups in total. The van der Waals surface area contributed by atoms with Gasteiger partial charge in [0.2, 0.25) is 5.91 Å². The van der Waals surface area contributed by atoms with Gasteiger partial charge < -0.3 is 20.1 Å². The topological polar surface area (TPSA) is 112 Å². The number of aliphatic hydroxyl groups excluding tert-OH is 1. The number of halogens is 3. The molecule has 0 saturated carbocycles. The summed E-state index contributed by atoms with van der Waals surface area (Å²) in [5, 5.41) is 17.1. The predicted octanol–water partition coefficient (Wildman–Crippen LogP) is 4.57. The number of hydrogen-bond donors (Lipinski definition) is 2. The van der Waals surface area contributed by atoms with E-state index in [1.807, 2.05) is 24.0 Å². The van der Waals surface area contributed by atoms with Gasteiger partial charge in [-0.3, -0.25) is 14.5 Å². The molecule has 0 spiro atoms. The number of piperazine rings is 1. The molecule has 1 unspecified atom stereocenters. The number of nitrogens with one attached hydrogen (secondary N) is 1. The van der Waals surface area contributed by atoms with E-state index in [1.54, 1.807) is 41.3 Å². The van der Waals surface area contributed by atoms with Crippen LogP contribution in [0.3, 0.4) is 0 Å². The van der Waals surface area contributed by atoms with Crippen molar-refractivity contribution < 1.29 is 32.6 Å². The van der Waals surface area contributed by atoms with E-state index in [0.717, 1.165) is 11.8 Å². The Bertz CT molecular complexity index is 1690. The zero-order valence-corrected chi connectivity index (χ0v) is 24.7. The third-order valence-electron chi connectivity index (χ3n) is 7.91. The van der Waals surface area contributed by atoms with Crippen molar-refractivity contribution in [3.05, 3.63) is 77.1 Å². The lowest BCUT2D eigenvalue weighted by Gasteiger charge is -2.43. The van der Waals surface area contributed by atoms with Gasteiger partial charge in [0.25, 0.3) is 5.91 Å². The standard InChI is InChI=1S/C31H33F3N6O4/c1-18-16-38(26(17-41)23-7-5-6-8-25(23)36-20(3)42)13-14-39(18)30(43)24-15-35-40-28(31(32,33)34)19(2)27(37-29(24)40)21-9-11-22(44-4)12-10-21/h5-12,15,18,26,41H,13-14,16-17H2,1-4H3,(H,36,42)/t18-,26?/m1/s1. The highest BCUT2D eigenvalue weighted by Crippen LogP contribution is 2.37. The SMILES string of the molecule is COc1ccc(-c2nc3c(C(=O)N4CCN(C(CO)c5ccccc5NC(C)=O)C[C@H]4C)cnn3c(C(F)(F)F)c2C)cc1. The van der Waals surface area contributed by atoms with E-state index in [4.69, 9.17) is 4.74 Å². The van der Waals surface area contributed by atoms with Crippen LogP contribution < -0.4 is 10.1 Å². The summed E-state index contributed by atoms with van der Waals surface area (Å²) in [6.45, 7) is 5.37. The van der Waals surface area contributed by atoms with Crippen LogP contribution in [0.5, 0.6) is 5.75 Å². The zero-order valence-electron chi connectivity index (χ0n) is 24.7. The van der Waals surface area contributed by atoms with E-state index in [-0.39, 0.29) is 47.6 Å². The maximum Gasteiger partial charge on any atom is 0.433 e. The number of aliphatic hydroxyl groups is 1. The van der Waals surface area contributed by atoms with E-state index in [2.05, 4.69) is 15.4 Å². The summed E-state index contributed by atoms with van der Waals surface area (Å²) in [7, 11) is 1.49. The van der Waals surface area contributed by atoms with Crippen LogP contribution in [0, 0.1) is 6.92 Å². The predicted molar refractivity (Wildman–Crippen MR) is 157 cm³/mol. The van der Waals surface area contributed by atoms with Crippen LogP contribution in [-0.2, 0) is 11.0 Å². The Morgan fingerprint density at radius 2 is 1.84 bits per heavy atom. The van der Waals surface area contributed by atoms with Gasteiger partial charge in [-0.15, -0.1) is 0 Å². The van der Waals surface area contributed by atoms with Crippen LogP contribution >= 0.6 is 0 Å². The first-order valence-electron chi connectivity index (χ1n) is 14.1. The molecule has 4 aromatic rings. The van der Waals surface area contributed by atoms with Crippen molar-refractivity contribution in [3.63, 3.8) is 0 Å². The molecule has 5 rings (SSSR count). The normalized spacial score (nSPS) is 16.6. The third kappa shape index (κ3) is 5.84. The first-order chi connectivity index (χ1) is 20.9. The molecule has 0 aliphatic carbocycles. The van der Waals surface area contributed by atoms with E-state index < -0.39 is 23.8 Å². The Labute approximate surface area is 252 Å². The zero-order chi connectivity index (χ0) is 31.8. The summed E-state index contributed by atoms with van der Waals surface area (Å²) in [4.78, 5) is 33.8. The fraction of sp³-hybridized carbons (Fsp3) is 0.355. The fourth-order valence-electron chi connectivity index (χ4n) is 5.81. The van der Waals surface area contributed by atoms with Gasteiger partial charge in [0, 0.05) is 49.4 Å². The van der Waals surface area contributed by atoms with E-state index in [1.165, 1.54) is 21.0 Å². The monoisotopic (exact) mass is 610 g/mol. The van der Waals surface area contributed by atoms with Crippen LogP contribution in [0.1, 0.15) is 47.1 Å². The fourth-order valence-corrected chi connectivity index (χ4v) is 5.81. The minimum atomic E-state index is -4.76. The third-order valence-corrected chi connectivity index (χ3v) is 7.91. The second-order valence-electron chi connectivity index (χ2n) is 10.8. The number of benzene rings is 2. The largest absolute Gasteiger partial charge is 0.497 e. The minimum Gasteiger partial charge on any atom is -0.497 e. The Kier molecular flexibility index (Phi) is 8.62. The van der Waals surface area contributed by atoms with Crippen molar-refractivity contribution in [2.45, 2.75) is 39.0 Å². The van der Waals surface area contributed by atoms with E-state index in [9.17, 15) is 27.9 Å². The summed E-state index contributed by atoms with van der Waals surface area (Å²) in [5.74, 6) is -0.186. The van der Waals surface area contributed by atoms with Crippen LogP contribution in [0.25, 0.3) is 16.9 Å². The summed E-state index contributed by atoms with van der Waals surface area (Å²) in [6, 6.07) is 12.9. The lowest BCUT2D eigenvalue weighted by Crippen LogP contribution is -2.55. The number of nitrogens with zero attached hydrogens (tertiary/aromatic N) is 5. The molecular weight excluding hydrogens is 577 g/mol. The van der Waals surface area contributed by atoms with Crippen LogP contribution in [0.2, 0.25) is 0 Å². The highest BCUT2D eigenvalue weighted by molar-refractivity contribution is 6.00. The number of aromatic nitrogens is 3. The van der Waals surface area contributed by atoms with Crippen molar-refractivity contribution >= 4 is 23.1 Å². The summed E-state index contributed by atoms with van der Waals surface area (Å²) >= 11 is 0. The van der Waals surface area contributed by atoms with Crippen molar-refractivity contribution in [1.29, 1.82) is 0 Å². The highest BCUT2D eigenvalue weighted by Gasteiger charge is 2.40. The summed E-state index contributed by atoms with van der Waals surface area (Å²) in [6.07, 6.45) is -3.62. The van der Waals surface area contributed by atoms with Gasteiger partial charge in [0.15, 0.2) is 11.3 Å². The molecule has 2 aromatic heterocycles. The molecule has 2 atom stereocenters. The lowest BCUT2D eigenvalue weighted by molar-refractivity contribution is -0.143. The molecule has 232 valence electrons. The smallest absolute Gasteiger partial charge is 0.433 e. The van der Waals surface area contributed by atoms with Crippen molar-refractivity contribution in [1.82, 2.24) is 24.4 Å². The van der Waals surface area contributed by atoms with Gasteiger partial charge >= 0.3 is 6.18 Å². The van der Waals surface area contributed by atoms with Crippen molar-refractivity contribution in [3.8, 4) is 17.0 Å². The minimum absolute atomic E-state index is 0.0414. The van der Waals surface area contributed by atoms with Crippen LogP contribution in [-0.4, -0.2) is 80.7 Å². The maximum atomic E-state index is 14.4. The lowest BCUT2D eigenvalue weighted by atomic mass is 10.0. The number of carbonyl (C=O) groups is 2. The molecular formula is C31H33F3N6O4. The molecule has 0 bridgehead atoms. The number of anilines is 1. The number of hydrogen-bond acceptors (Lipinski definition) is 7. The number of ether oxygens (including phenoxy) is 1. The molecule has 1 saturated heterocycles. The molecule has 1 aliphatic rings. The van der Waals surface area contributed by atoms with Gasteiger partial charge in [-0.1, -0.05) is 18.2 Å². The second-order valence-corrected chi connectivity index (χ2v) is 10.8. The summed E-state index contributed by atoms with van der Waals surface area (Å²) < 4.78 is 48.9. The summed E-state index contributed by atoms with van der Waals surface area (Å²) in [5.41, 5.74) is 0.501. The first-order valence-corrected chi connectivity index (χ1v) is 14.1. The van der Waals surface area contributed by atoms with Gasteiger partial charge in [-0.2, -0.15) is 18.3 Å². The second kappa shape index (κ2) is 12.2. The quantitative estimate of drug-likeness (QED) is 0.315. The molecule has 1 fully saturated rings. The van der Waals surface area contributed by atoms with Crippen molar-refractivity contribution in [2.75, 3.05) is 38.7 Å². The number of amides is 2. The van der Waals surface area contributed by atoms with Crippen LogP contribution in [0.15, 0.2) is 54.7 Å². The number of fused-ring (bicyclic) bond motifs is 1. The molecule has 10 nitrogen and oxygen atoms in total. The molecule has 0 radical (unpaired) electrons. The Morgan fingerprint density at radius 3 is 2.45 bits per heavy atom. The molecule has 1 aliphatic heterocycles. The number of carbonyl (C=O) groups excluding carboxylic acids is 2. The van der Waals surface area contributed by atoms with Gasteiger partial charge in [-0.25, -0.2) is 9.50 Å². The number of methoxy groups -OCH3 is 1. The number of rotatable bonds is 7. The average Bonchev–Trinajstić information content (AvgIpc) is 3.40. The average molecular weight is 611 g/mol. The van der Waals surface area contributed by atoms with Gasteiger partial charge in [0.1, 0.15) is 11.3 Å². The molecule has 2 aromatic carbocycles. The van der Waals surface area contributed by atoms with Gasteiger partial charge in [0.05, 0.1) is 31.6 Å². The Hall–Kier alpha value is -4.49. The number of alkyl halides is 3. The van der Waals surface area contributed by atoms with Crippen LogP contribution in [0.4, 0.5) is 18.9 Å². The van der Waals surface area contributed by atoms with E-state index >= 15 is 0 Å². The maximum absolute atomic E-state index is 14.4. The molecule has 3 heterocycles. The molecule has 2 amide bonds. The molecule has 13 heteroatoms. The number of para-hydroxylation sites is 1. The van der Waals surface area contributed by atoms with Gasteiger partial charge in [-0.05, 0) is 49.7 Å².